The van der Waals surface area contributed by atoms with Crippen LogP contribution < -0.4 is 15.8 Å². The van der Waals surface area contributed by atoms with Gasteiger partial charge >= 0.3 is 0 Å². The number of aromatic nitrogens is 2. The monoisotopic (exact) mass is 273 g/mol. The SMILES string of the molecule is CNc1nc(C)cc(C(=O)NCCS(N)(=O)=O)n1. The quantitative estimate of drug-likeness (QED) is 0.621. The maximum absolute atomic E-state index is 11.7. The standard InChI is InChI=1S/C9H15N5O3S/c1-6-5-7(14-9(11-2)13-6)8(15)12-3-4-18(10,16)17/h5H,3-4H2,1-2H3,(H,12,15)(H2,10,16,17)(H,11,13,14). The molecule has 0 aromatic carbocycles. The molecule has 1 amide bonds. The van der Waals surface area contributed by atoms with Crippen LogP contribution in [0.3, 0.4) is 0 Å². The van der Waals surface area contributed by atoms with Crippen molar-refractivity contribution in [3.8, 4) is 0 Å². The molecule has 0 fully saturated rings. The van der Waals surface area contributed by atoms with Gasteiger partial charge in [-0.25, -0.2) is 23.5 Å². The fraction of sp³-hybridized carbons (Fsp3) is 0.444. The molecular formula is C9H15N5O3S. The van der Waals surface area contributed by atoms with Gasteiger partial charge in [0.25, 0.3) is 5.91 Å². The molecule has 18 heavy (non-hydrogen) atoms. The Hall–Kier alpha value is -1.74. The minimum absolute atomic E-state index is 0.0599. The Labute approximate surface area is 105 Å². The number of aryl methyl sites for hydroxylation is 1. The Morgan fingerprint density at radius 2 is 2.11 bits per heavy atom. The molecule has 0 bridgehead atoms. The zero-order valence-corrected chi connectivity index (χ0v) is 10.9. The van der Waals surface area contributed by atoms with E-state index >= 15 is 0 Å². The fourth-order valence-electron chi connectivity index (χ4n) is 1.19. The smallest absolute Gasteiger partial charge is 0.270 e. The lowest BCUT2D eigenvalue weighted by molar-refractivity contribution is 0.0951. The largest absolute Gasteiger partial charge is 0.357 e. The van der Waals surface area contributed by atoms with Crippen LogP contribution in [0.1, 0.15) is 16.2 Å². The number of primary sulfonamides is 1. The number of carbonyl (C=O) groups is 1. The summed E-state index contributed by atoms with van der Waals surface area (Å²) < 4.78 is 21.4. The summed E-state index contributed by atoms with van der Waals surface area (Å²) in [5.74, 6) is -0.464. The van der Waals surface area contributed by atoms with Gasteiger partial charge < -0.3 is 10.6 Å². The van der Waals surface area contributed by atoms with Crippen molar-refractivity contribution in [1.29, 1.82) is 0 Å². The lowest BCUT2D eigenvalue weighted by atomic mass is 10.3. The highest BCUT2D eigenvalue weighted by molar-refractivity contribution is 7.89. The molecule has 1 rings (SSSR count). The molecular weight excluding hydrogens is 258 g/mol. The van der Waals surface area contributed by atoms with Gasteiger partial charge in [0, 0.05) is 19.3 Å². The molecule has 0 saturated heterocycles. The highest BCUT2D eigenvalue weighted by Crippen LogP contribution is 2.03. The molecule has 8 nitrogen and oxygen atoms in total. The summed E-state index contributed by atoms with van der Waals surface area (Å²) in [7, 11) is -1.95. The Bertz CT molecular complexity index is 543. The van der Waals surface area contributed by atoms with Crippen molar-refractivity contribution in [2.45, 2.75) is 6.92 Å². The first kappa shape index (κ1) is 14.3. The van der Waals surface area contributed by atoms with Gasteiger partial charge in [-0.1, -0.05) is 0 Å². The predicted octanol–water partition coefficient (Wildman–Crippen LogP) is -1.15. The van der Waals surface area contributed by atoms with Crippen molar-refractivity contribution in [1.82, 2.24) is 15.3 Å². The zero-order chi connectivity index (χ0) is 13.8. The number of amides is 1. The second-order valence-corrected chi connectivity index (χ2v) is 5.33. The second kappa shape index (κ2) is 5.74. The number of hydrogen-bond acceptors (Lipinski definition) is 6. The van der Waals surface area contributed by atoms with Gasteiger partial charge in [-0.2, -0.15) is 0 Å². The highest BCUT2D eigenvalue weighted by atomic mass is 32.2. The van der Waals surface area contributed by atoms with Crippen molar-refractivity contribution in [3.05, 3.63) is 17.5 Å². The summed E-state index contributed by atoms with van der Waals surface area (Å²) in [5.41, 5.74) is 0.798. The predicted molar refractivity (Wildman–Crippen MR) is 66.6 cm³/mol. The van der Waals surface area contributed by atoms with Crippen LogP contribution >= 0.6 is 0 Å². The van der Waals surface area contributed by atoms with Crippen molar-refractivity contribution in [3.63, 3.8) is 0 Å². The Morgan fingerprint density at radius 1 is 1.44 bits per heavy atom. The number of carbonyl (C=O) groups excluding carboxylic acids is 1. The van der Waals surface area contributed by atoms with Gasteiger partial charge in [-0.3, -0.25) is 4.79 Å². The van der Waals surface area contributed by atoms with Gasteiger partial charge in [0.1, 0.15) is 5.69 Å². The highest BCUT2D eigenvalue weighted by Gasteiger charge is 2.11. The molecule has 0 radical (unpaired) electrons. The maximum atomic E-state index is 11.7. The fourth-order valence-corrected chi connectivity index (χ4v) is 1.58. The first-order valence-corrected chi connectivity index (χ1v) is 6.85. The number of hydrogen-bond donors (Lipinski definition) is 3. The normalized spacial score (nSPS) is 11.1. The number of rotatable bonds is 5. The molecule has 1 heterocycles. The third kappa shape index (κ3) is 4.63. The average Bonchev–Trinajstić information content (AvgIpc) is 2.26. The maximum Gasteiger partial charge on any atom is 0.270 e. The van der Waals surface area contributed by atoms with E-state index in [-0.39, 0.29) is 18.0 Å². The van der Waals surface area contributed by atoms with E-state index in [4.69, 9.17) is 5.14 Å². The molecule has 1 aromatic heterocycles. The molecule has 1 aromatic rings. The lowest BCUT2D eigenvalue weighted by Gasteiger charge is -2.06. The first-order valence-electron chi connectivity index (χ1n) is 5.14. The van der Waals surface area contributed by atoms with Crippen molar-refractivity contribution in [2.75, 3.05) is 24.7 Å². The number of nitrogens with two attached hydrogens (primary N) is 1. The molecule has 0 aliphatic rings. The van der Waals surface area contributed by atoms with Crippen molar-refractivity contribution < 1.29 is 13.2 Å². The van der Waals surface area contributed by atoms with Gasteiger partial charge in [0.15, 0.2) is 0 Å². The summed E-state index contributed by atoms with van der Waals surface area (Å²) in [6, 6.07) is 1.51. The van der Waals surface area contributed by atoms with Crippen LogP contribution in [0.2, 0.25) is 0 Å². The Balaban J connectivity index is 2.69. The number of anilines is 1. The van der Waals surface area contributed by atoms with E-state index in [1.54, 1.807) is 14.0 Å². The van der Waals surface area contributed by atoms with E-state index < -0.39 is 15.9 Å². The number of nitrogens with one attached hydrogen (secondary N) is 2. The summed E-state index contributed by atoms with van der Waals surface area (Å²) in [5, 5.41) is 9.96. The van der Waals surface area contributed by atoms with Crippen LogP contribution in [-0.2, 0) is 10.0 Å². The third-order valence-corrected chi connectivity index (χ3v) is 2.76. The number of nitrogens with zero attached hydrogens (tertiary/aromatic N) is 2. The van der Waals surface area contributed by atoms with Crippen LogP contribution in [-0.4, -0.2) is 43.6 Å². The van der Waals surface area contributed by atoms with E-state index in [0.29, 0.717) is 11.6 Å². The number of sulfonamides is 1. The van der Waals surface area contributed by atoms with E-state index in [0.717, 1.165) is 0 Å². The summed E-state index contributed by atoms with van der Waals surface area (Å²) in [6.07, 6.45) is 0. The van der Waals surface area contributed by atoms with E-state index in [1.165, 1.54) is 6.07 Å². The van der Waals surface area contributed by atoms with Gasteiger partial charge in [-0.15, -0.1) is 0 Å². The molecule has 0 unspecified atom stereocenters. The molecule has 0 atom stereocenters. The van der Waals surface area contributed by atoms with Gasteiger partial charge in [0.05, 0.1) is 5.75 Å². The minimum Gasteiger partial charge on any atom is -0.357 e. The van der Waals surface area contributed by atoms with Crippen LogP contribution in [0.4, 0.5) is 5.95 Å². The lowest BCUT2D eigenvalue weighted by Crippen LogP contribution is -2.32. The van der Waals surface area contributed by atoms with E-state index in [9.17, 15) is 13.2 Å². The van der Waals surface area contributed by atoms with Gasteiger partial charge in [0.2, 0.25) is 16.0 Å². The third-order valence-electron chi connectivity index (χ3n) is 1.98. The summed E-state index contributed by atoms with van der Waals surface area (Å²) >= 11 is 0. The Morgan fingerprint density at radius 3 is 2.67 bits per heavy atom. The van der Waals surface area contributed by atoms with Crippen molar-refractivity contribution >= 4 is 21.9 Å². The topological polar surface area (TPSA) is 127 Å². The second-order valence-electron chi connectivity index (χ2n) is 3.59. The van der Waals surface area contributed by atoms with E-state index in [1.807, 2.05) is 0 Å². The van der Waals surface area contributed by atoms with Crippen LogP contribution in [0.5, 0.6) is 0 Å². The molecule has 0 spiro atoms. The summed E-state index contributed by atoms with van der Waals surface area (Å²) in [4.78, 5) is 19.7. The summed E-state index contributed by atoms with van der Waals surface area (Å²) in [6.45, 7) is 1.67. The first-order chi connectivity index (χ1) is 8.31. The Kier molecular flexibility index (Phi) is 4.56. The van der Waals surface area contributed by atoms with Crippen LogP contribution in [0, 0.1) is 6.92 Å². The zero-order valence-electron chi connectivity index (χ0n) is 10.1. The molecule has 4 N–H and O–H groups in total. The van der Waals surface area contributed by atoms with Gasteiger partial charge in [-0.05, 0) is 13.0 Å². The molecule has 0 saturated carbocycles. The molecule has 0 aliphatic carbocycles. The van der Waals surface area contributed by atoms with Crippen LogP contribution in [0.15, 0.2) is 6.07 Å². The van der Waals surface area contributed by atoms with E-state index in [2.05, 4.69) is 20.6 Å². The molecule has 0 aliphatic heterocycles. The van der Waals surface area contributed by atoms with Crippen LogP contribution in [0.25, 0.3) is 0 Å². The van der Waals surface area contributed by atoms with Crippen molar-refractivity contribution in [2.24, 2.45) is 5.14 Å². The minimum atomic E-state index is -3.58. The average molecular weight is 273 g/mol. The molecule has 9 heteroatoms. The molecule has 100 valence electrons.